The second-order valence-corrected chi connectivity index (χ2v) is 4.84. The number of amides is 1. The number of carboxylic acids is 1. The maximum absolute atomic E-state index is 12.2. The number of carbonyl (C=O) groups is 2. The van der Waals surface area contributed by atoms with Gasteiger partial charge in [-0.15, -0.1) is 0 Å². The Morgan fingerprint density at radius 1 is 0.818 bits per heavy atom. The maximum atomic E-state index is 12.2. The molecule has 0 aliphatic rings. The molecule has 22 heavy (non-hydrogen) atoms. The molecule has 0 bridgehead atoms. The van der Waals surface area contributed by atoms with Crippen LogP contribution in [0.1, 0.15) is 11.1 Å². The molecular weight excluding hydrogens is 278 g/mol. The van der Waals surface area contributed by atoms with Crippen LogP contribution in [0.2, 0.25) is 0 Å². The van der Waals surface area contributed by atoms with Gasteiger partial charge in [-0.25, -0.2) is 4.79 Å². The minimum atomic E-state index is -1.13. The number of nitrogens with zero attached hydrogens (tertiary/aromatic N) is 1. The standard InChI is InChI=1S/C18H17NO3/c20-17(11-12-18(21)22)19(13-15-7-3-1-4-8-15)14-16-9-5-2-6-10-16/h1-12H,13-14H2,(H,21,22)/b12-11+. The van der Waals surface area contributed by atoms with Crippen LogP contribution in [-0.2, 0) is 22.7 Å². The van der Waals surface area contributed by atoms with Crippen LogP contribution < -0.4 is 0 Å². The molecule has 4 nitrogen and oxygen atoms in total. The Bertz CT molecular complexity index is 609. The highest BCUT2D eigenvalue weighted by atomic mass is 16.4. The average Bonchev–Trinajstić information content (AvgIpc) is 2.54. The predicted molar refractivity (Wildman–Crippen MR) is 83.9 cm³/mol. The topological polar surface area (TPSA) is 57.6 Å². The lowest BCUT2D eigenvalue weighted by molar-refractivity contribution is -0.132. The van der Waals surface area contributed by atoms with Gasteiger partial charge in [0, 0.05) is 25.2 Å². The lowest BCUT2D eigenvalue weighted by atomic mass is 10.1. The smallest absolute Gasteiger partial charge is 0.328 e. The van der Waals surface area contributed by atoms with Crippen LogP contribution in [-0.4, -0.2) is 21.9 Å². The number of benzene rings is 2. The lowest BCUT2D eigenvalue weighted by Crippen LogP contribution is -2.28. The third-order valence-corrected chi connectivity index (χ3v) is 3.11. The quantitative estimate of drug-likeness (QED) is 0.834. The fraction of sp³-hybridized carbons (Fsp3) is 0.111. The van der Waals surface area contributed by atoms with Crippen LogP contribution in [0, 0.1) is 0 Å². The van der Waals surface area contributed by atoms with Crippen LogP contribution in [0.25, 0.3) is 0 Å². The Labute approximate surface area is 129 Å². The van der Waals surface area contributed by atoms with Crippen LogP contribution in [0.4, 0.5) is 0 Å². The molecule has 0 atom stereocenters. The summed E-state index contributed by atoms with van der Waals surface area (Å²) in [5.74, 6) is -1.46. The Hall–Kier alpha value is -2.88. The van der Waals surface area contributed by atoms with Gasteiger partial charge in [0.2, 0.25) is 5.91 Å². The van der Waals surface area contributed by atoms with E-state index in [-0.39, 0.29) is 5.91 Å². The van der Waals surface area contributed by atoms with E-state index in [1.165, 1.54) is 0 Å². The summed E-state index contributed by atoms with van der Waals surface area (Å²) in [6, 6.07) is 19.2. The number of rotatable bonds is 6. The van der Waals surface area contributed by atoms with Gasteiger partial charge >= 0.3 is 5.97 Å². The molecule has 0 aromatic heterocycles. The fourth-order valence-corrected chi connectivity index (χ4v) is 2.07. The van der Waals surface area contributed by atoms with Crippen molar-refractivity contribution in [2.45, 2.75) is 13.1 Å². The number of carboxylic acid groups (broad SMARTS) is 1. The number of aliphatic carboxylic acids is 1. The molecule has 2 rings (SSSR count). The molecule has 2 aromatic carbocycles. The van der Waals surface area contributed by atoms with E-state index in [0.717, 1.165) is 23.3 Å². The van der Waals surface area contributed by atoms with Gasteiger partial charge in [0.15, 0.2) is 0 Å². The molecule has 0 unspecified atom stereocenters. The molecular formula is C18H17NO3. The zero-order chi connectivity index (χ0) is 15.8. The summed E-state index contributed by atoms with van der Waals surface area (Å²) in [5.41, 5.74) is 1.99. The van der Waals surface area contributed by atoms with Gasteiger partial charge in [0.25, 0.3) is 0 Å². The van der Waals surface area contributed by atoms with Crippen molar-refractivity contribution in [1.29, 1.82) is 0 Å². The number of carbonyl (C=O) groups excluding carboxylic acids is 1. The van der Waals surface area contributed by atoms with Gasteiger partial charge in [0.05, 0.1) is 0 Å². The van der Waals surface area contributed by atoms with Crippen LogP contribution in [0.15, 0.2) is 72.8 Å². The molecule has 2 aromatic rings. The van der Waals surface area contributed by atoms with Crippen molar-refractivity contribution in [2.24, 2.45) is 0 Å². The van der Waals surface area contributed by atoms with Crippen LogP contribution in [0.3, 0.4) is 0 Å². The SMILES string of the molecule is O=C(O)/C=C/C(=O)N(Cc1ccccc1)Cc1ccccc1. The monoisotopic (exact) mass is 295 g/mol. The van der Waals surface area contributed by atoms with E-state index in [2.05, 4.69) is 0 Å². The van der Waals surface area contributed by atoms with Gasteiger partial charge in [-0.3, -0.25) is 4.79 Å². The first-order valence-corrected chi connectivity index (χ1v) is 6.93. The largest absolute Gasteiger partial charge is 0.478 e. The highest BCUT2D eigenvalue weighted by molar-refractivity contribution is 5.93. The van der Waals surface area contributed by atoms with E-state index in [4.69, 9.17) is 5.11 Å². The molecule has 0 saturated carbocycles. The molecule has 0 saturated heterocycles. The number of hydrogen-bond donors (Lipinski definition) is 1. The molecule has 0 spiro atoms. The zero-order valence-electron chi connectivity index (χ0n) is 12.1. The first-order chi connectivity index (χ1) is 10.6. The fourth-order valence-electron chi connectivity index (χ4n) is 2.07. The summed E-state index contributed by atoms with van der Waals surface area (Å²) in [6.07, 6.45) is 1.96. The van der Waals surface area contributed by atoms with Crippen LogP contribution in [0.5, 0.6) is 0 Å². The Morgan fingerprint density at radius 3 is 1.68 bits per heavy atom. The van der Waals surface area contributed by atoms with Gasteiger partial charge in [0.1, 0.15) is 0 Å². The predicted octanol–water partition coefficient (Wildman–Crippen LogP) is 2.86. The molecule has 0 heterocycles. The normalized spacial score (nSPS) is 10.5. The van der Waals surface area contributed by atoms with Gasteiger partial charge in [-0.05, 0) is 11.1 Å². The van der Waals surface area contributed by atoms with E-state index in [9.17, 15) is 9.59 Å². The van der Waals surface area contributed by atoms with E-state index in [1.54, 1.807) is 4.90 Å². The highest BCUT2D eigenvalue weighted by Crippen LogP contribution is 2.10. The summed E-state index contributed by atoms with van der Waals surface area (Å²) in [7, 11) is 0. The molecule has 1 amide bonds. The van der Waals surface area contributed by atoms with E-state index < -0.39 is 5.97 Å². The first kappa shape index (κ1) is 15.5. The minimum absolute atomic E-state index is 0.324. The summed E-state index contributed by atoms with van der Waals surface area (Å²) >= 11 is 0. The van der Waals surface area contributed by atoms with Crippen molar-refractivity contribution in [3.8, 4) is 0 Å². The third kappa shape index (κ3) is 4.90. The van der Waals surface area contributed by atoms with Gasteiger partial charge < -0.3 is 10.0 Å². The first-order valence-electron chi connectivity index (χ1n) is 6.93. The zero-order valence-corrected chi connectivity index (χ0v) is 12.1. The van der Waals surface area contributed by atoms with E-state index in [0.29, 0.717) is 13.1 Å². The minimum Gasteiger partial charge on any atom is -0.478 e. The van der Waals surface area contributed by atoms with Crippen molar-refractivity contribution in [3.63, 3.8) is 0 Å². The van der Waals surface area contributed by atoms with Gasteiger partial charge in [-0.1, -0.05) is 60.7 Å². The molecule has 0 aliphatic carbocycles. The highest BCUT2D eigenvalue weighted by Gasteiger charge is 2.12. The summed E-state index contributed by atoms with van der Waals surface area (Å²) < 4.78 is 0. The summed E-state index contributed by atoms with van der Waals surface area (Å²) in [6.45, 7) is 0.858. The molecule has 1 N–H and O–H groups in total. The molecule has 0 radical (unpaired) electrons. The second-order valence-electron chi connectivity index (χ2n) is 4.84. The Kier molecular flexibility index (Phi) is 5.49. The Morgan fingerprint density at radius 2 is 1.27 bits per heavy atom. The molecule has 0 fully saturated rings. The second kappa shape index (κ2) is 7.78. The third-order valence-electron chi connectivity index (χ3n) is 3.11. The maximum Gasteiger partial charge on any atom is 0.328 e. The summed E-state index contributed by atoms with van der Waals surface area (Å²) in [5, 5.41) is 8.67. The van der Waals surface area contributed by atoms with Crippen molar-refractivity contribution < 1.29 is 14.7 Å². The van der Waals surface area contributed by atoms with E-state index >= 15 is 0 Å². The van der Waals surface area contributed by atoms with Crippen molar-refractivity contribution in [3.05, 3.63) is 83.9 Å². The van der Waals surface area contributed by atoms with E-state index in [1.807, 2.05) is 60.7 Å². The van der Waals surface area contributed by atoms with Crippen LogP contribution >= 0.6 is 0 Å². The Balaban J connectivity index is 2.16. The molecule has 112 valence electrons. The van der Waals surface area contributed by atoms with Crippen molar-refractivity contribution >= 4 is 11.9 Å². The van der Waals surface area contributed by atoms with Crippen molar-refractivity contribution in [2.75, 3.05) is 0 Å². The number of hydrogen-bond acceptors (Lipinski definition) is 2. The molecule has 0 aliphatic heterocycles. The summed E-state index contributed by atoms with van der Waals surface area (Å²) in [4.78, 5) is 24.4. The van der Waals surface area contributed by atoms with Gasteiger partial charge in [-0.2, -0.15) is 0 Å². The van der Waals surface area contributed by atoms with Crippen molar-refractivity contribution in [1.82, 2.24) is 4.90 Å². The molecule has 4 heteroatoms. The average molecular weight is 295 g/mol. The lowest BCUT2D eigenvalue weighted by Gasteiger charge is -2.21.